The summed E-state index contributed by atoms with van der Waals surface area (Å²) in [6, 6.07) is 10.6. The molecular weight excluding hydrogens is 376 g/mol. The van der Waals surface area contributed by atoms with E-state index in [0.29, 0.717) is 13.0 Å². The first kappa shape index (κ1) is 18.7. The number of aryl methyl sites for hydroxylation is 2. The van der Waals surface area contributed by atoms with Gasteiger partial charge in [-0.25, -0.2) is 13.6 Å². The number of furan rings is 1. The lowest BCUT2D eigenvalue weighted by Gasteiger charge is -2.06. The highest BCUT2D eigenvalue weighted by Gasteiger charge is 2.16. The predicted molar refractivity (Wildman–Crippen MR) is 106 cm³/mol. The van der Waals surface area contributed by atoms with Gasteiger partial charge in [-0.05, 0) is 66.6 Å². The van der Waals surface area contributed by atoms with Crippen LogP contribution in [-0.4, -0.2) is 20.9 Å². The number of rotatable bonds is 6. The van der Waals surface area contributed by atoms with Gasteiger partial charge in [0.15, 0.2) is 0 Å². The molecule has 7 heteroatoms. The molecule has 1 heterocycles. The minimum absolute atomic E-state index is 0.0654. The molecule has 3 aromatic rings. The van der Waals surface area contributed by atoms with Crippen LogP contribution in [0, 0.1) is 0 Å². The molecule has 0 radical (unpaired) electrons. The van der Waals surface area contributed by atoms with Crippen LogP contribution < -0.4 is 10.5 Å². The Balaban J connectivity index is 1.34. The number of carbonyl (C=O) groups excluding carboxylic acids is 1. The van der Waals surface area contributed by atoms with Gasteiger partial charge in [0.1, 0.15) is 5.58 Å². The van der Waals surface area contributed by atoms with Gasteiger partial charge < -0.3 is 9.73 Å². The molecule has 1 aliphatic carbocycles. The zero-order valence-corrected chi connectivity index (χ0v) is 16.2. The number of primary sulfonamides is 1. The molecular formula is C21H22N2O4S. The van der Waals surface area contributed by atoms with Gasteiger partial charge in [0, 0.05) is 17.5 Å². The van der Waals surface area contributed by atoms with Crippen molar-refractivity contribution < 1.29 is 17.6 Å². The van der Waals surface area contributed by atoms with Crippen molar-refractivity contribution >= 4 is 26.9 Å². The second-order valence-electron chi connectivity index (χ2n) is 7.20. The summed E-state index contributed by atoms with van der Waals surface area (Å²) in [6.45, 7) is 0.471. The van der Waals surface area contributed by atoms with Crippen LogP contribution in [0.2, 0.25) is 0 Å². The Labute approximate surface area is 163 Å². The van der Waals surface area contributed by atoms with E-state index in [1.165, 1.54) is 29.7 Å². The molecule has 4 rings (SSSR count). The Morgan fingerprint density at radius 3 is 2.54 bits per heavy atom. The third kappa shape index (κ3) is 3.95. The van der Waals surface area contributed by atoms with Crippen molar-refractivity contribution in [2.75, 3.05) is 6.54 Å². The molecule has 1 aliphatic rings. The van der Waals surface area contributed by atoms with Crippen LogP contribution in [-0.2, 0) is 40.5 Å². The molecule has 0 saturated heterocycles. The molecule has 0 bridgehead atoms. The molecule has 0 fully saturated rings. The molecule has 28 heavy (non-hydrogen) atoms. The van der Waals surface area contributed by atoms with Crippen molar-refractivity contribution in [2.24, 2.45) is 5.14 Å². The van der Waals surface area contributed by atoms with Crippen molar-refractivity contribution in [1.29, 1.82) is 0 Å². The normalized spacial score (nSPS) is 13.6. The maximum absolute atomic E-state index is 12.3. The second kappa shape index (κ2) is 7.41. The number of carbonyl (C=O) groups is 1. The molecule has 146 valence electrons. The summed E-state index contributed by atoms with van der Waals surface area (Å²) in [5.74, 6) is -0.0654. The van der Waals surface area contributed by atoms with Crippen molar-refractivity contribution in [2.45, 2.75) is 37.0 Å². The summed E-state index contributed by atoms with van der Waals surface area (Å²) < 4.78 is 28.2. The van der Waals surface area contributed by atoms with Gasteiger partial charge in [-0.1, -0.05) is 12.1 Å². The number of hydrogen-bond donors (Lipinski definition) is 2. The van der Waals surface area contributed by atoms with Crippen LogP contribution in [0.4, 0.5) is 0 Å². The minimum atomic E-state index is -3.68. The second-order valence-corrected chi connectivity index (χ2v) is 8.76. The molecule has 1 aromatic heterocycles. The van der Waals surface area contributed by atoms with E-state index in [4.69, 9.17) is 9.56 Å². The lowest BCUT2D eigenvalue weighted by Crippen LogP contribution is -2.27. The van der Waals surface area contributed by atoms with E-state index in [1.807, 2.05) is 0 Å². The molecule has 0 saturated carbocycles. The lowest BCUT2D eigenvalue weighted by atomic mass is 10.0. The van der Waals surface area contributed by atoms with Crippen molar-refractivity contribution in [3.05, 3.63) is 64.9 Å². The molecule has 1 amide bonds. The molecule has 3 N–H and O–H groups in total. The topological polar surface area (TPSA) is 102 Å². The van der Waals surface area contributed by atoms with E-state index < -0.39 is 10.0 Å². The Morgan fingerprint density at radius 1 is 1.11 bits per heavy atom. The van der Waals surface area contributed by atoms with Gasteiger partial charge in [-0.2, -0.15) is 0 Å². The third-order valence-corrected chi connectivity index (χ3v) is 6.14. The summed E-state index contributed by atoms with van der Waals surface area (Å²) in [5, 5.41) is 9.02. The summed E-state index contributed by atoms with van der Waals surface area (Å²) in [7, 11) is -3.68. The number of amides is 1. The standard InChI is InChI=1S/C21H22N2O4S/c22-28(25,26)18-6-4-14(5-7-18)8-9-23-21(24)12-17-13-27-20-11-16-3-1-2-15(16)10-19(17)20/h4-7,10-11,13H,1-3,8-9,12H2,(H,23,24)(H2,22,25,26). The summed E-state index contributed by atoms with van der Waals surface area (Å²) in [4.78, 5) is 12.4. The van der Waals surface area contributed by atoms with E-state index in [0.717, 1.165) is 34.9 Å². The smallest absolute Gasteiger partial charge is 0.238 e. The van der Waals surface area contributed by atoms with E-state index in [9.17, 15) is 13.2 Å². The van der Waals surface area contributed by atoms with Gasteiger partial charge in [-0.3, -0.25) is 4.79 Å². The average molecular weight is 398 g/mol. The molecule has 0 aliphatic heterocycles. The van der Waals surface area contributed by atoms with Crippen LogP contribution in [0.25, 0.3) is 11.0 Å². The average Bonchev–Trinajstić information content (AvgIpc) is 3.26. The van der Waals surface area contributed by atoms with Gasteiger partial charge in [0.25, 0.3) is 0 Å². The number of sulfonamides is 1. The number of fused-ring (bicyclic) bond motifs is 2. The molecule has 0 spiro atoms. The Morgan fingerprint density at radius 2 is 1.82 bits per heavy atom. The first-order chi connectivity index (χ1) is 13.4. The Kier molecular flexibility index (Phi) is 4.95. The van der Waals surface area contributed by atoms with Crippen molar-refractivity contribution in [3.63, 3.8) is 0 Å². The lowest BCUT2D eigenvalue weighted by molar-refractivity contribution is -0.120. The number of nitrogens with one attached hydrogen (secondary N) is 1. The molecule has 0 unspecified atom stereocenters. The highest BCUT2D eigenvalue weighted by Crippen LogP contribution is 2.30. The van der Waals surface area contributed by atoms with Crippen LogP contribution in [0.3, 0.4) is 0 Å². The molecule has 0 atom stereocenters. The maximum Gasteiger partial charge on any atom is 0.238 e. The zero-order valence-electron chi connectivity index (χ0n) is 15.4. The largest absolute Gasteiger partial charge is 0.464 e. The van der Waals surface area contributed by atoms with Crippen molar-refractivity contribution in [3.8, 4) is 0 Å². The van der Waals surface area contributed by atoms with E-state index in [1.54, 1.807) is 18.4 Å². The fourth-order valence-electron chi connectivity index (χ4n) is 3.71. The molecule has 2 aromatic carbocycles. The van der Waals surface area contributed by atoms with E-state index >= 15 is 0 Å². The summed E-state index contributed by atoms with van der Waals surface area (Å²) in [6.07, 6.45) is 5.92. The highest BCUT2D eigenvalue weighted by atomic mass is 32.2. The quantitative estimate of drug-likeness (QED) is 0.666. The molecule has 6 nitrogen and oxygen atoms in total. The van der Waals surface area contributed by atoms with Crippen LogP contribution in [0.5, 0.6) is 0 Å². The van der Waals surface area contributed by atoms with Crippen molar-refractivity contribution in [1.82, 2.24) is 5.32 Å². The predicted octanol–water partition coefficient (Wildman–Crippen LogP) is 2.47. The summed E-state index contributed by atoms with van der Waals surface area (Å²) in [5.41, 5.74) is 5.39. The highest BCUT2D eigenvalue weighted by molar-refractivity contribution is 7.89. The van der Waals surface area contributed by atoms with Crippen LogP contribution >= 0.6 is 0 Å². The minimum Gasteiger partial charge on any atom is -0.464 e. The van der Waals surface area contributed by atoms with Crippen LogP contribution in [0.1, 0.15) is 28.7 Å². The number of nitrogens with two attached hydrogens (primary N) is 1. The zero-order chi connectivity index (χ0) is 19.7. The fourth-order valence-corrected chi connectivity index (χ4v) is 4.23. The first-order valence-corrected chi connectivity index (χ1v) is 10.8. The third-order valence-electron chi connectivity index (χ3n) is 5.21. The van der Waals surface area contributed by atoms with Gasteiger partial charge in [-0.15, -0.1) is 0 Å². The monoisotopic (exact) mass is 398 g/mol. The van der Waals surface area contributed by atoms with E-state index in [-0.39, 0.29) is 17.2 Å². The van der Waals surface area contributed by atoms with Gasteiger partial charge in [0.2, 0.25) is 15.9 Å². The SMILES string of the molecule is NS(=O)(=O)c1ccc(CCNC(=O)Cc2coc3cc4c(cc23)CCC4)cc1. The fraction of sp³-hybridized carbons (Fsp3) is 0.286. The van der Waals surface area contributed by atoms with Gasteiger partial charge >= 0.3 is 0 Å². The number of benzene rings is 2. The van der Waals surface area contributed by atoms with Crippen LogP contribution in [0.15, 0.2) is 52.0 Å². The van der Waals surface area contributed by atoms with E-state index in [2.05, 4.69) is 17.4 Å². The van der Waals surface area contributed by atoms with Gasteiger partial charge in [0.05, 0.1) is 17.6 Å². The maximum atomic E-state index is 12.3. The Hall–Kier alpha value is -2.64. The number of hydrogen-bond acceptors (Lipinski definition) is 4. The first-order valence-electron chi connectivity index (χ1n) is 9.30. The Bertz CT molecular complexity index is 1130. The summed E-state index contributed by atoms with van der Waals surface area (Å²) >= 11 is 0.